The van der Waals surface area contributed by atoms with E-state index in [1.54, 1.807) is 0 Å². The molecule has 0 radical (unpaired) electrons. The average Bonchev–Trinajstić information content (AvgIpc) is 2.86. The van der Waals surface area contributed by atoms with Crippen molar-refractivity contribution in [3.05, 3.63) is 11.1 Å². The van der Waals surface area contributed by atoms with Gasteiger partial charge < -0.3 is 4.90 Å². The Morgan fingerprint density at radius 1 is 1.25 bits per heavy atom. The summed E-state index contributed by atoms with van der Waals surface area (Å²) in [7, 11) is 0. The lowest BCUT2D eigenvalue weighted by molar-refractivity contribution is -0.134. The van der Waals surface area contributed by atoms with Crippen LogP contribution in [-0.2, 0) is 6.18 Å². The summed E-state index contributed by atoms with van der Waals surface area (Å²) < 4.78 is 37.7. The van der Waals surface area contributed by atoms with E-state index in [4.69, 9.17) is 0 Å². The minimum Gasteiger partial charge on any atom is -0.346 e. The van der Waals surface area contributed by atoms with Crippen molar-refractivity contribution in [2.24, 2.45) is 5.92 Å². The number of rotatable bonds is 4. The maximum absolute atomic E-state index is 12.6. The average molecular weight is 307 g/mol. The number of anilines is 1. The van der Waals surface area contributed by atoms with Crippen LogP contribution in [0.25, 0.3) is 0 Å². The first-order valence-electron chi connectivity index (χ1n) is 6.86. The fraction of sp³-hybridized carbons (Fsp3) is 0.769. The number of hydrogen-bond acceptors (Lipinski definition) is 4. The number of aromatic nitrogens is 1. The summed E-state index contributed by atoms with van der Waals surface area (Å²) in [5.41, 5.74) is 0. The van der Waals surface area contributed by atoms with Crippen LogP contribution in [-0.4, -0.2) is 42.6 Å². The molecule has 114 valence electrons. The maximum atomic E-state index is 12.6. The summed E-state index contributed by atoms with van der Waals surface area (Å²) in [6.45, 7) is 8.76. The molecule has 0 atom stereocenters. The van der Waals surface area contributed by atoms with Crippen LogP contribution in [0.15, 0.2) is 6.20 Å². The Bertz CT molecular complexity index is 423. The van der Waals surface area contributed by atoms with Crippen molar-refractivity contribution in [3.63, 3.8) is 0 Å². The van der Waals surface area contributed by atoms with Gasteiger partial charge in [0.1, 0.15) is 4.88 Å². The zero-order valence-electron chi connectivity index (χ0n) is 11.8. The number of thiazole rings is 1. The molecule has 0 unspecified atom stereocenters. The second kappa shape index (κ2) is 6.30. The largest absolute Gasteiger partial charge is 0.427 e. The summed E-state index contributed by atoms with van der Waals surface area (Å²) >= 11 is 0.737. The normalized spacial score (nSPS) is 18.0. The highest BCUT2D eigenvalue weighted by Crippen LogP contribution is 2.36. The van der Waals surface area contributed by atoms with Crippen molar-refractivity contribution in [1.82, 2.24) is 9.88 Å². The molecule has 0 aromatic carbocycles. The first-order chi connectivity index (χ1) is 9.36. The third kappa shape index (κ3) is 4.09. The fourth-order valence-electron chi connectivity index (χ4n) is 2.15. The van der Waals surface area contributed by atoms with E-state index in [0.717, 1.165) is 56.7 Å². The van der Waals surface area contributed by atoms with Crippen LogP contribution in [0.5, 0.6) is 0 Å². The van der Waals surface area contributed by atoms with E-state index in [2.05, 4.69) is 23.7 Å². The van der Waals surface area contributed by atoms with Crippen molar-refractivity contribution in [2.45, 2.75) is 26.4 Å². The molecule has 7 heteroatoms. The Hall–Kier alpha value is -0.820. The van der Waals surface area contributed by atoms with Gasteiger partial charge in [-0.15, -0.1) is 0 Å². The van der Waals surface area contributed by atoms with E-state index in [-0.39, 0.29) is 0 Å². The van der Waals surface area contributed by atoms with Gasteiger partial charge in [0.2, 0.25) is 0 Å². The van der Waals surface area contributed by atoms with Crippen molar-refractivity contribution in [2.75, 3.05) is 37.6 Å². The van der Waals surface area contributed by atoms with E-state index in [0.29, 0.717) is 11.0 Å². The summed E-state index contributed by atoms with van der Waals surface area (Å²) in [6.07, 6.45) is -2.18. The highest BCUT2D eigenvalue weighted by Gasteiger charge is 2.34. The van der Waals surface area contributed by atoms with Crippen LogP contribution in [0.1, 0.15) is 25.1 Å². The smallest absolute Gasteiger partial charge is 0.346 e. The standard InChI is InChI=1S/C13H20F3N3S/c1-10(2)3-4-18-5-7-19(8-6-18)12-17-9-11(20-12)13(14,15)16/h9-10H,3-8H2,1-2H3. The zero-order valence-corrected chi connectivity index (χ0v) is 12.6. The molecular formula is C13H20F3N3S. The molecule has 1 fully saturated rings. The molecule has 0 spiro atoms. The lowest BCUT2D eigenvalue weighted by atomic mass is 10.1. The molecule has 0 amide bonds. The predicted molar refractivity (Wildman–Crippen MR) is 75.2 cm³/mol. The second-order valence-corrected chi connectivity index (χ2v) is 6.53. The van der Waals surface area contributed by atoms with Gasteiger partial charge in [-0.25, -0.2) is 4.98 Å². The molecule has 3 nitrogen and oxygen atoms in total. The van der Waals surface area contributed by atoms with Gasteiger partial charge in [-0.05, 0) is 18.9 Å². The van der Waals surface area contributed by atoms with Gasteiger partial charge in [0.15, 0.2) is 5.13 Å². The number of nitrogens with zero attached hydrogens (tertiary/aromatic N) is 3. The molecular weight excluding hydrogens is 287 g/mol. The van der Waals surface area contributed by atoms with Gasteiger partial charge in [0.05, 0.1) is 6.20 Å². The van der Waals surface area contributed by atoms with Crippen LogP contribution in [0.4, 0.5) is 18.3 Å². The maximum Gasteiger partial charge on any atom is 0.427 e. The van der Waals surface area contributed by atoms with Gasteiger partial charge in [0.25, 0.3) is 0 Å². The minimum atomic E-state index is -4.28. The minimum absolute atomic E-state index is 0.487. The van der Waals surface area contributed by atoms with Crippen LogP contribution in [0, 0.1) is 5.92 Å². The quantitative estimate of drug-likeness (QED) is 0.850. The third-order valence-corrected chi connectivity index (χ3v) is 4.54. The summed E-state index contributed by atoms with van der Waals surface area (Å²) in [4.78, 5) is 7.62. The van der Waals surface area contributed by atoms with Crippen molar-refractivity contribution >= 4 is 16.5 Å². The molecule has 1 aromatic heterocycles. The van der Waals surface area contributed by atoms with E-state index in [1.165, 1.54) is 0 Å². The van der Waals surface area contributed by atoms with Crippen LogP contribution < -0.4 is 4.90 Å². The number of piperazine rings is 1. The first kappa shape index (κ1) is 15.6. The van der Waals surface area contributed by atoms with Crippen LogP contribution in [0.2, 0.25) is 0 Å². The van der Waals surface area contributed by atoms with E-state index in [9.17, 15) is 13.2 Å². The van der Waals surface area contributed by atoms with E-state index < -0.39 is 11.1 Å². The first-order valence-corrected chi connectivity index (χ1v) is 7.68. The Balaban J connectivity index is 1.86. The molecule has 0 bridgehead atoms. The van der Waals surface area contributed by atoms with Gasteiger partial charge >= 0.3 is 6.18 Å². The Labute approximate surface area is 121 Å². The molecule has 0 aliphatic carbocycles. The number of hydrogen-bond donors (Lipinski definition) is 0. The van der Waals surface area contributed by atoms with Crippen molar-refractivity contribution < 1.29 is 13.2 Å². The molecule has 20 heavy (non-hydrogen) atoms. The molecule has 1 aliphatic rings. The van der Waals surface area contributed by atoms with E-state index >= 15 is 0 Å². The number of alkyl halides is 3. The van der Waals surface area contributed by atoms with Crippen LogP contribution >= 0.6 is 11.3 Å². The summed E-state index contributed by atoms with van der Waals surface area (Å²) in [5, 5.41) is 0.487. The second-order valence-electron chi connectivity index (χ2n) is 5.52. The molecule has 0 N–H and O–H groups in total. The third-order valence-electron chi connectivity index (χ3n) is 3.44. The fourth-order valence-corrected chi connectivity index (χ4v) is 2.98. The molecule has 1 saturated heterocycles. The lowest BCUT2D eigenvalue weighted by Gasteiger charge is -2.34. The Morgan fingerprint density at radius 3 is 2.40 bits per heavy atom. The van der Waals surface area contributed by atoms with Gasteiger partial charge in [-0.3, -0.25) is 4.90 Å². The lowest BCUT2D eigenvalue weighted by Crippen LogP contribution is -2.46. The monoisotopic (exact) mass is 307 g/mol. The highest BCUT2D eigenvalue weighted by molar-refractivity contribution is 7.15. The zero-order chi connectivity index (χ0) is 14.8. The molecule has 2 heterocycles. The SMILES string of the molecule is CC(C)CCN1CCN(c2ncc(C(F)(F)F)s2)CC1. The number of halogens is 3. The molecule has 1 aromatic rings. The van der Waals surface area contributed by atoms with Gasteiger partial charge in [-0.1, -0.05) is 25.2 Å². The van der Waals surface area contributed by atoms with Crippen molar-refractivity contribution in [3.8, 4) is 0 Å². The molecule has 2 rings (SSSR count). The van der Waals surface area contributed by atoms with Crippen molar-refractivity contribution in [1.29, 1.82) is 0 Å². The molecule has 0 saturated carbocycles. The van der Waals surface area contributed by atoms with E-state index in [1.807, 2.05) is 4.90 Å². The summed E-state index contributed by atoms with van der Waals surface area (Å²) in [5.74, 6) is 0.682. The topological polar surface area (TPSA) is 19.4 Å². The van der Waals surface area contributed by atoms with Gasteiger partial charge in [0, 0.05) is 26.2 Å². The van der Waals surface area contributed by atoms with Crippen LogP contribution in [0.3, 0.4) is 0 Å². The Kier molecular flexibility index (Phi) is 4.90. The highest BCUT2D eigenvalue weighted by atomic mass is 32.1. The summed E-state index contributed by atoms with van der Waals surface area (Å²) in [6, 6.07) is 0. The Morgan fingerprint density at radius 2 is 1.90 bits per heavy atom. The molecule has 1 aliphatic heterocycles. The van der Waals surface area contributed by atoms with Gasteiger partial charge in [-0.2, -0.15) is 13.2 Å². The predicted octanol–water partition coefficient (Wildman–Crippen LogP) is 3.33.